The van der Waals surface area contributed by atoms with Crippen LogP contribution in [0.15, 0.2) is 36.0 Å². The lowest BCUT2D eigenvalue weighted by Gasteiger charge is -2.01. The van der Waals surface area contributed by atoms with Gasteiger partial charge in [0, 0.05) is 5.01 Å². The Morgan fingerprint density at radius 1 is 0.947 bits per heavy atom. The average molecular weight is 263 g/mol. The second kappa shape index (κ2) is 4.29. The predicted octanol–water partition coefficient (Wildman–Crippen LogP) is 0.235. The normalized spacial score (nSPS) is 15.1. The van der Waals surface area contributed by atoms with Gasteiger partial charge in [0.2, 0.25) is 0 Å². The maximum atomic E-state index is 11.8. The number of carbonyl (C=O) groups excluding carboxylic acids is 2. The fourth-order valence-corrected chi connectivity index (χ4v) is 1.69. The number of benzene rings is 1. The van der Waals surface area contributed by atoms with Crippen LogP contribution in [0.5, 0.6) is 0 Å². The number of hydrazine groups is 1. The van der Waals surface area contributed by atoms with Crippen molar-refractivity contribution in [1.82, 2.24) is 5.01 Å². The Balaban J connectivity index is 2.66. The molecule has 2 amide bonds. The van der Waals surface area contributed by atoms with Gasteiger partial charge in [-0.1, -0.05) is 30.3 Å². The standard InChI is InChI=1S/C10H5N3O6/c14-9-7(6-4-2-1-3-5-6)8(12(16)17)10(15)11(9)13(18)19/h1-5H. The van der Waals surface area contributed by atoms with Crippen molar-refractivity contribution in [2.75, 3.05) is 0 Å². The highest BCUT2D eigenvalue weighted by molar-refractivity contribution is 6.34. The highest BCUT2D eigenvalue weighted by Gasteiger charge is 2.53. The van der Waals surface area contributed by atoms with Gasteiger partial charge < -0.3 is 0 Å². The van der Waals surface area contributed by atoms with Gasteiger partial charge in [-0.05, 0) is 5.56 Å². The van der Waals surface area contributed by atoms with Gasteiger partial charge in [0.15, 0.2) is 5.03 Å². The van der Waals surface area contributed by atoms with E-state index in [2.05, 4.69) is 0 Å². The van der Waals surface area contributed by atoms with E-state index in [0.29, 0.717) is 0 Å². The molecule has 0 spiro atoms. The molecule has 0 radical (unpaired) electrons. The van der Waals surface area contributed by atoms with Crippen LogP contribution in [-0.4, -0.2) is 26.8 Å². The predicted molar refractivity (Wildman–Crippen MR) is 59.2 cm³/mol. The SMILES string of the molecule is O=C1C(c2ccccc2)=C([N+](=O)[O-])C(=O)N1[N+](=O)[O-]. The minimum Gasteiger partial charge on any atom is -0.262 e. The van der Waals surface area contributed by atoms with Crippen molar-refractivity contribution >= 4 is 17.4 Å². The van der Waals surface area contributed by atoms with Gasteiger partial charge in [-0.2, -0.15) is 0 Å². The maximum absolute atomic E-state index is 11.8. The number of amides is 2. The third kappa shape index (κ3) is 1.82. The topological polar surface area (TPSA) is 124 Å². The molecule has 0 fully saturated rings. The lowest BCUT2D eigenvalue weighted by atomic mass is 10.1. The molecule has 1 aromatic rings. The molecule has 96 valence electrons. The van der Waals surface area contributed by atoms with E-state index in [1.54, 1.807) is 6.07 Å². The number of nitro groups is 2. The molecule has 0 aromatic heterocycles. The molecule has 0 N–H and O–H groups in total. The Bertz CT molecular complexity index is 636. The fourth-order valence-electron chi connectivity index (χ4n) is 1.69. The van der Waals surface area contributed by atoms with Crippen LogP contribution in [-0.2, 0) is 9.59 Å². The second-order valence-electron chi connectivity index (χ2n) is 3.51. The van der Waals surface area contributed by atoms with Gasteiger partial charge in [-0.15, -0.1) is 0 Å². The zero-order chi connectivity index (χ0) is 14.2. The molecular weight excluding hydrogens is 258 g/mol. The third-order valence-corrected chi connectivity index (χ3v) is 2.45. The van der Waals surface area contributed by atoms with Crippen LogP contribution in [0.4, 0.5) is 0 Å². The molecule has 9 heteroatoms. The largest absolute Gasteiger partial charge is 0.394 e. The molecule has 1 aliphatic heterocycles. The Morgan fingerprint density at radius 2 is 1.53 bits per heavy atom. The summed E-state index contributed by atoms with van der Waals surface area (Å²) in [4.78, 5) is 43.7. The molecule has 2 rings (SSSR count). The van der Waals surface area contributed by atoms with E-state index in [9.17, 15) is 29.8 Å². The Hall–Kier alpha value is -3.10. The van der Waals surface area contributed by atoms with Gasteiger partial charge in [-0.3, -0.25) is 19.7 Å². The van der Waals surface area contributed by atoms with Crippen molar-refractivity contribution in [2.24, 2.45) is 0 Å². The summed E-state index contributed by atoms with van der Waals surface area (Å²) in [5.41, 5.74) is -1.59. The summed E-state index contributed by atoms with van der Waals surface area (Å²) in [5.74, 6) is -2.85. The summed E-state index contributed by atoms with van der Waals surface area (Å²) < 4.78 is 0. The van der Waals surface area contributed by atoms with Crippen molar-refractivity contribution in [1.29, 1.82) is 0 Å². The molecule has 0 saturated carbocycles. The molecule has 1 aromatic carbocycles. The summed E-state index contributed by atoms with van der Waals surface area (Å²) in [5, 5.41) is 19.8. The second-order valence-corrected chi connectivity index (χ2v) is 3.51. The maximum Gasteiger partial charge on any atom is 0.394 e. The summed E-state index contributed by atoms with van der Waals surface area (Å²) in [7, 11) is 0. The minimum atomic E-state index is -1.54. The van der Waals surface area contributed by atoms with E-state index in [1.165, 1.54) is 24.3 Å². The smallest absolute Gasteiger partial charge is 0.262 e. The van der Waals surface area contributed by atoms with Crippen molar-refractivity contribution in [3.63, 3.8) is 0 Å². The lowest BCUT2D eigenvalue weighted by Crippen LogP contribution is -2.37. The first kappa shape index (κ1) is 12.4. The van der Waals surface area contributed by atoms with Crippen molar-refractivity contribution in [2.45, 2.75) is 0 Å². The van der Waals surface area contributed by atoms with Crippen LogP contribution in [0.2, 0.25) is 0 Å². The molecule has 0 aliphatic carbocycles. The fraction of sp³-hybridized carbons (Fsp3) is 0. The molecule has 1 heterocycles. The van der Waals surface area contributed by atoms with Gasteiger partial charge in [0.1, 0.15) is 5.57 Å². The molecule has 9 nitrogen and oxygen atoms in total. The van der Waals surface area contributed by atoms with Crippen molar-refractivity contribution in [3.05, 3.63) is 61.8 Å². The zero-order valence-corrected chi connectivity index (χ0v) is 9.18. The first-order valence-electron chi connectivity index (χ1n) is 4.92. The van der Waals surface area contributed by atoms with Crippen LogP contribution in [0.3, 0.4) is 0 Å². The number of imide groups is 1. The van der Waals surface area contributed by atoms with E-state index >= 15 is 0 Å². The molecular formula is C10H5N3O6. The van der Waals surface area contributed by atoms with Crippen LogP contribution in [0.1, 0.15) is 5.56 Å². The molecule has 19 heavy (non-hydrogen) atoms. The molecule has 1 aliphatic rings. The van der Waals surface area contributed by atoms with E-state index in [-0.39, 0.29) is 10.6 Å². The van der Waals surface area contributed by atoms with E-state index in [0.717, 1.165) is 0 Å². The van der Waals surface area contributed by atoms with E-state index < -0.39 is 33.0 Å². The summed E-state index contributed by atoms with van der Waals surface area (Å²) in [6, 6.07) is 7.29. The summed E-state index contributed by atoms with van der Waals surface area (Å²) in [6.07, 6.45) is 0. The van der Waals surface area contributed by atoms with E-state index in [1.807, 2.05) is 0 Å². The zero-order valence-electron chi connectivity index (χ0n) is 9.18. The Kier molecular flexibility index (Phi) is 2.79. The average Bonchev–Trinajstić information content (AvgIpc) is 2.61. The van der Waals surface area contributed by atoms with Crippen molar-refractivity contribution in [3.8, 4) is 0 Å². The quantitative estimate of drug-likeness (QED) is 0.437. The monoisotopic (exact) mass is 263 g/mol. The Labute approximate surface area is 105 Å². The molecule has 0 bridgehead atoms. The number of nitrogens with zero attached hydrogens (tertiary/aromatic N) is 3. The van der Waals surface area contributed by atoms with Crippen LogP contribution in [0.25, 0.3) is 5.57 Å². The van der Waals surface area contributed by atoms with Gasteiger partial charge in [0.25, 0.3) is 0 Å². The van der Waals surface area contributed by atoms with Gasteiger partial charge in [0.05, 0.1) is 4.92 Å². The van der Waals surface area contributed by atoms with Gasteiger partial charge >= 0.3 is 17.5 Å². The summed E-state index contributed by atoms with van der Waals surface area (Å²) in [6.45, 7) is 0. The number of hydrogen-bond donors (Lipinski definition) is 0. The Morgan fingerprint density at radius 3 is 2.00 bits per heavy atom. The molecule has 0 unspecified atom stereocenters. The first-order valence-corrected chi connectivity index (χ1v) is 4.92. The van der Waals surface area contributed by atoms with Crippen LogP contribution >= 0.6 is 0 Å². The highest BCUT2D eigenvalue weighted by atomic mass is 16.7. The van der Waals surface area contributed by atoms with Gasteiger partial charge in [-0.25, -0.2) is 10.1 Å². The van der Waals surface area contributed by atoms with Crippen LogP contribution in [0, 0.1) is 20.2 Å². The third-order valence-electron chi connectivity index (χ3n) is 2.45. The first-order chi connectivity index (χ1) is 8.95. The highest BCUT2D eigenvalue weighted by Crippen LogP contribution is 2.29. The van der Waals surface area contributed by atoms with E-state index in [4.69, 9.17) is 0 Å². The lowest BCUT2D eigenvalue weighted by molar-refractivity contribution is -0.613. The number of rotatable bonds is 3. The summed E-state index contributed by atoms with van der Waals surface area (Å²) >= 11 is 0. The van der Waals surface area contributed by atoms with Crippen molar-refractivity contribution < 1.29 is 19.5 Å². The number of hydrogen-bond acceptors (Lipinski definition) is 6. The molecule has 0 atom stereocenters. The van der Waals surface area contributed by atoms with Crippen LogP contribution < -0.4 is 0 Å². The molecule has 0 saturated heterocycles. The number of carbonyl (C=O) groups is 2. The minimum absolute atomic E-state index is 0.0805.